The quantitative estimate of drug-likeness (QED) is 0.759. The van der Waals surface area contributed by atoms with Crippen molar-refractivity contribution in [3.8, 4) is 0 Å². The Labute approximate surface area is 98.9 Å². The van der Waals surface area contributed by atoms with Crippen molar-refractivity contribution in [3.63, 3.8) is 0 Å². The number of nitrogen functional groups attached to an aromatic ring is 1. The summed E-state index contributed by atoms with van der Waals surface area (Å²) < 4.78 is 0.835. The minimum atomic E-state index is 0.0387. The van der Waals surface area contributed by atoms with Gasteiger partial charge in [-0.25, -0.2) is 0 Å². The molecule has 0 fully saturated rings. The molecule has 1 heterocycles. The Kier molecular flexibility index (Phi) is 3.09. The summed E-state index contributed by atoms with van der Waals surface area (Å²) in [5.41, 5.74) is 7.76. The molecule has 88 valence electrons. The molecule has 3 N–H and O–H groups in total. The normalized spacial score (nSPS) is 11.7. The van der Waals surface area contributed by atoms with Gasteiger partial charge in [-0.3, -0.25) is 4.99 Å². The zero-order valence-electron chi connectivity index (χ0n) is 9.54. The van der Waals surface area contributed by atoms with Gasteiger partial charge in [0, 0.05) is 6.07 Å². The minimum absolute atomic E-state index is 0.0387. The SMILES string of the molecule is Cc1cc(=NCc2ccccc2)nc(N)n1O. The van der Waals surface area contributed by atoms with E-state index in [1.165, 1.54) is 0 Å². The Morgan fingerprint density at radius 1 is 1.35 bits per heavy atom. The van der Waals surface area contributed by atoms with E-state index in [0.29, 0.717) is 17.7 Å². The van der Waals surface area contributed by atoms with Gasteiger partial charge in [0.25, 0.3) is 0 Å². The second-order valence-corrected chi connectivity index (χ2v) is 3.73. The number of rotatable bonds is 2. The lowest BCUT2D eigenvalue weighted by molar-refractivity contribution is 0.180. The first kappa shape index (κ1) is 11.2. The molecule has 2 rings (SSSR count). The minimum Gasteiger partial charge on any atom is -0.425 e. The van der Waals surface area contributed by atoms with Crippen LogP contribution in [0.2, 0.25) is 0 Å². The summed E-state index contributed by atoms with van der Waals surface area (Å²) >= 11 is 0. The van der Waals surface area contributed by atoms with Crippen molar-refractivity contribution in [2.45, 2.75) is 13.5 Å². The molecule has 0 aliphatic rings. The molecule has 0 aliphatic carbocycles. The van der Waals surface area contributed by atoms with Gasteiger partial charge in [0.15, 0.2) is 5.49 Å². The number of nitrogens with zero attached hydrogens (tertiary/aromatic N) is 3. The van der Waals surface area contributed by atoms with Gasteiger partial charge in [-0.2, -0.15) is 9.71 Å². The second kappa shape index (κ2) is 4.69. The largest absolute Gasteiger partial charge is 0.425 e. The summed E-state index contributed by atoms with van der Waals surface area (Å²) in [7, 11) is 0. The standard InChI is InChI=1S/C12H14N4O/c1-9-7-11(15-12(13)16(9)17)14-8-10-5-3-2-4-6-10/h2-7,17H,8H2,1H3,(H2,13,14,15). The van der Waals surface area contributed by atoms with Crippen molar-refractivity contribution < 1.29 is 5.21 Å². The molecule has 17 heavy (non-hydrogen) atoms. The summed E-state index contributed by atoms with van der Waals surface area (Å²) in [6.07, 6.45) is 0. The molecule has 0 amide bonds. The van der Waals surface area contributed by atoms with Gasteiger partial charge in [-0.1, -0.05) is 30.3 Å². The highest BCUT2D eigenvalue weighted by Crippen LogP contribution is 2.00. The Balaban J connectivity index is 2.29. The Hall–Kier alpha value is -2.30. The zero-order chi connectivity index (χ0) is 12.3. The van der Waals surface area contributed by atoms with Crippen molar-refractivity contribution in [1.82, 2.24) is 9.71 Å². The predicted octanol–water partition coefficient (Wildman–Crippen LogP) is 1.11. The molecule has 0 unspecified atom stereocenters. The molecule has 2 aromatic rings. The topological polar surface area (TPSA) is 76.4 Å². The van der Waals surface area contributed by atoms with Gasteiger partial charge in [-0.05, 0) is 12.5 Å². The van der Waals surface area contributed by atoms with Crippen LogP contribution in [-0.4, -0.2) is 14.9 Å². The molecule has 1 aromatic heterocycles. The number of aryl methyl sites for hydroxylation is 1. The number of hydrogen-bond donors (Lipinski definition) is 2. The first-order valence-corrected chi connectivity index (χ1v) is 5.26. The van der Waals surface area contributed by atoms with Gasteiger partial charge in [-0.15, -0.1) is 0 Å². The Morgan fingerprint density at radius 2 is 2.06 bits per heavy atom. The van der Waals surface area contributed by atoms with E-state index in [2.05, 4.69) is 9.98 Å². The number of aromatic nitrogens is 2. The molecule has 5 heteroatoms. The van der Waals surface area contributed by atoms with E-state index in [0.717, 1.165) is 10.3 Å². The lowest BCUT2D eigenvalue weighted by Crippen LogP contribution is -2.18. The van der Waals surface area contributed by atoms with E-state index < -0.39 is 0 Å². The molecule has 1 aromatic carbocycles. The van der Waals surface area contributed by atoms with Crippen LogP contribution >= 0.6 is 0 Å². The number of anilines is 1. The highest BCUT2D eigenvalue weighted by atomic mass is 16.5. The molecule has 0 aliphatic heterocycles. The molecular formula is C12H14N4O. The monoisotopic (exact) mass is 230 g/mol. The van der Waals surface area contributed by atoms with Gasteiger partial charge in [0.05, 0.1) is 12.2 Å². The van der Waals surface area contributed by atoms with Crippen molar-refractivity contribution in [2.24, 2.45) is 4.99 Å². The summed E-state index contributed by atoms with van der Waals surface area (Å²) in [5, 5.41) is 9.40. The van der Waals surface area contributed by atoms with Crippen molar-refractivity contribution in [3.05, 3.63) is 53.1 Å². The van der Waals surface area contributed by atoms with Crippen LogP contribution in [0, 0.1) is 6.92 Å². The summed E-state index contributed by atoms with van der Waals surface area (Å²) in [6, 6.07) is 11.6. The van der Waals surface area contributed by atoms with E-state index in [-0.39, 0.29) is 5.95 Å². The van der Waals surface area contributed by atoms with Crippen LogP contribution in [-0.2, 0) is 6.54 Å². The van der Waals surface area contributed by atoms with Crippen LogP contribution in [0.15, 0.2) is 41.4 Å². The second-order valence-electron chi connectivity index (χ2n) is 3.73. The summed E-state index contributed by atoms with van der Waals surface area (Å²) in [6.45, 7) is 2.28. The average molecular weight is 230 g/mol. The summed E-state index contributed by atoms with van der Waals surface area (Å²) in [4.78, 5) is 8.30. The molecule has 0 bridgehead atoms. The van der Waals surface area contributed by atoms with Crippen LogP contribution in [0.5, 0.6) is 0 Å². The van der Waals surface area contributed by atoms with Crippen LogP contribution in [0.4, 0.5) is 5.95 Å². The van der Waals surface area contributed by atoms with E-state index in [9.17, 15) is 5.21 Å². The number of nitrogens with two attached hydrogens (primary N) is 1. The maximum atomic E-state index is 9.40. The molecule has 0 saturated heterocycles. The van der Waals surface area contributed by atoms with E-state index in [1.807, 2.05) is 30.3 Å². The zero-order valence-corrected chi connectivity index (χ0v) is 9.54. The maximum Gasteiger partial charge on any atom is 0.236 e. The Morgan fingerprint density at radius 3 is 2.71 bits per heavy atom. The molecule has 0 saturated carbocycles. The van der Waals surface area contributed by atoms with Crippen LogP contribution < -0.4 is 11.2 Å². The smallest absolute Gasteiger partial charge is 0.236 e. The fourth-order valence-corrected chi connectivity index (χ4v) is 1.46. The summed E-state index contributed by atoms with van der Waals surface area (Å²) in [5.74, 6) is 0.0387. The third-order valence-electron chi connectivity index (χ3n) is 2.38. The molecule has 0 radical (unpaired) electrons. The van der Waals surface area contributed by atoms with Gasteiger partial charge in [0.2, 0.25) is 5.95 Å². The van der Waals surface area contributed by atoms with Crippen molar-refractivity contribution in [1.29, 1.82) is 0 Å². The first-order chi connectivity index (χ1) is 8.16. The number of benzene rings is 1. The third-order valence-corrected chi connectivity index (χ3v) is 2.38. The Bertz CT molecular complexity index is 549. The van der Waals surface area contributed by atoms with Gasteiger partial charge in [0.1, 0.15) is 0 Å². The first-order valence-electron chi connectivity index (χ1n) is 5.26. The van der Waals surface area contributed by atoms with Gasteiger partial charge < -0.3 is 10.9 Å². The lowest BCUT2D eigenvalue weighted by Gasteiger charge is -2.04. The molecule has 5 nitrogen and oxygen atoms in total. The van der Waals surface area contributed by atoms with E-state index >= 15 is 0 Å². The van der Waals surface area contributed by atoms with Crippen LogP contribution in [0.25, 0.3) is 0 Å². The fraction of sp³-hybridized carbons (Fsp3) is 0.167. The molecule has 0 spiro atoms. The van der Waals surface area contributed by atoms with E-state index in [1.54, 1.807) is 13.0 Å². The molecular weight excluding hydrogens is 216 g/mol. The molecule has 0 atom stereocenters. The van der Waals surface area contributed by atoms with Crippen LogP contribution in [0.3, 0.4) is 0 Å². The number of hydrogen-bond acceptors (Lipinski definition) is 4. The highest BCUT2D eigenvalue weighted by Gasteiger charge is 1.99. The van der Waals surface area contributed by atoms with Gasteiger partial charge >= 0.3 is 0 Å². The van der Waals surface area contributed by atoms with Crippen molar-refractivity contribution in [2.75, 3.05) is 5.73 Å². The third kappa shape index (κ3) is 2.63. The maximum absolute atomic E-state index is 9.40. The fourth-order valence-electron chi connectivity index (χ4n) is 1.46. The highest BCUT2D eigenvalue weighted by molar-refractivity contribution is 5.18. The predicted molar refractivity (Wildman–Crippen MR) is 64.3 cm³/mol. The lowest BCUT2D eigenvalue weighted by atomic mass is 10.2. The van der Waals surface area contributed by atoms with Crippen molar-refractivity contribution >= 4 is 5.95 Å². The van der Waals surface area contributed by atoms with Crippen LogP contribution in [0.1, 0.15) is 11.3 Å². The average Bonchev–Trinajstić information content (AvgIpc) is 2.34. The van der Waals surface area contributed by atoms with E-state index in [4.69, 9.17) is 5.73 Å².